The highest BCUT2D eigenvalue weighted by atomic mass is 32.2. The number of hydrogen-bond donors (Lipinski definition) is 1. The molecule has 0 unspecified atom stereocenters. The Morgan fingerprint density at radius 3 is 2.80 bits per heavy atom. The third kappa shape index (κ3) is 2.44. The molecule has 0 saturated heterocycles. The molecule has 0 radical (unpaired) electrons. The van der Waals surface area contributed by atoms with Crippen molar-refractivity contribution in [3.05, 3.63) is 46.6 Å². The minimum atomic E-state index is -0.298. The van der Waals surface area contributed by atoms with Crippen LogP contribution in [0, 0.1) is 5.82 Å². The predicted octanol–water partition coefficient (Wildman–Crippen LogP) is 2.43. The van der Waals surface area contributed by atoms with Gasteiger partial charge in [0, 0.05) is 17.6 Å². The van der Waals surface area contributed by atoms with Gasteiger partial charge in [0.05, 0.1) is 0 Å². The Balaban J connectivity index is 1.99. The van der Waals surface area contributed by atoms with E-state index in [1.807, 2.05) is 6.92 Å². The predicted molar refractivity (Wildman–Crippen MR) is 74.3 cm³/mol. The number of rotatable bonds is 3. The van der Waals surface area contributed by atoms with Crippen molar-refractivity contribution >= 4 is 22.8 Å². The van der Waals surface area contributed by atoms with Crippen LogP contribution in [0.25, 0.3) is 11.0 Å². The largest absolute Gasteiger partial charge is 0.300 e. The molecule has 2 heterocycles. The number of aromatic amines is 1. The molecule has 0 fully saturated rings. The Hall–Kier alpha value is -2.15. The van der Waals surface area contributed by atoms with Crippen molar-refractivity contribution in [2.45, 2.75) is 23.5 Å². The lowest BCUT2D eigenvalue weighted by Gasteiger charge is -2.00. The molecule has 5 nitrogen and oxygen atoms in total. The molecular formula is C13H11FN4OS. The summed E-state index contributed by atoms with van der Waals surface area (Å²) in [6, 6.07) is 6.00. The second-order valence-electron chi connectivity index (χ2n) is 4.15. The van der Waals surface area contributed by atoms with Gasteiger partial charge in [0.2, 0.25) is 0 Å². The maximum absolute atomic E-state index is 12.8. The molecule has 3 rings (SSSR count). The standard InChI is InChI=1S/C13H11FN4OS/c1-2-18-7-10-11(17-18)15-13(16-12(10)19)20-9-5-3-8(14)4-6-9/h3-7H,2H2,1H3,(H,15,16,17,19). The molecule has 3 aromatic rings. The zero-order valence-electron chi connectivity index (χ0n) is 10.6. The van der Waals surface area contributed by atoms with E-state index in [4.69, 9.17) is 0 Å². The topological polar surface area (TPSA) is 63.6 Å². The fraction of sp³-hybridized carbons (Fsp3) is 0.154. The molecule has 0 bridgehead atoms. The lowest BCUT2D eigenvalue weighted by atomic mass is 10.4. The first-order valence-corrected chi connectivity index (χ1v) is 6.88. The Bertz CT molecular complexity index is 809. The summed E-state index contributed by atoms with van der Waals surface area (Å²) in [7, 11) is 0. The summed E-state index contributed by atoms with van der Waals surface area (Å²) in [4.78, 5) is 19.8. The Morgan fingerprint density at radius 1 is 1.35 bits per heavy atom. The molecule has 0 saturated carbocycles. The van der Waals surface area contributed by atoms with Gasteiger partial charge in [0.15, 0.2) is 10.8 Å². The van der Waals surface area contributed by atoms with Gasteiger partial charge in [0.25, 0.3) is 5.56 Å². The van der Waals surface area contributed by atoms with Gasteiger partial charge in [-0.05, 0) is 31.2 Å². The van der Waals surface area contributed by atoms with Crippen LogP contribution in [0.1, 0.15) is 6.92 Å². The first-order valence-electron chi connectivity index (χ1n) is 6.06. The van der Waals surface area contributed by atoms with Crippen LogP contribution in [-0.4, -0.2) is 19.7 Å². The summed E-state index contributed by atoms with van der Waals surface area (Å²) in [6.07, 6.45) is 1.67. The summed E-state index contributed by atoms with van der Waals surface area (Å²) in [5.74, 6) is -0.298. The number of nitrogens with zero attached hydrogens (tertiary/aromatic N) is 3. The van der Waals surface area contributed by atoms with Crippen LogP contribution in [-0.2, 0) is 6.54 Å². The molecule has 7 heteroatoms. The molecule has 0 aliphatic rings. The number of halogens is 1. The van der Waals surface area contributed by atoms with Gasteiger partial charge in [-0.25, -0.2) is 9.37 Å². The average molecular weight is 290 g/mol. The Kier molecular flexibility index (Phi) is 3.27. The van der Waals surface area contributed by atoms with Crippen LogP contribution in [0.3, 0.4) is 0 Å². The monoisotopic (exact) mass is 290 g/mol. The number of aryl methyl sites for hydroxylation is 1. The lowest BCUT2D eigenvalue weighted by Crippen LogP contribution is -2.07. The third-order valence-electron chi connectivity index (χ3n) is 2.77. The molecule has 1 N–H and O–H groups in total. The SMILES string of the molecule is CCn1cc2c(=O)[nH]c(Sc3ccc(F)cc3)nc2n1. The van der Waals surface area contributed by atoms with E-state index < -0.39 is 0 Å². The molecule has 0 atom stereocenters. The molecule has 0 spiro atoms. The first-order chi connectivity index (χ1) is 9.65. The quantitative estimate of drug-likeness (QED) is 0.752. The van der Waals surface area contributed by atoms with Crippen molar-refractivity contribution in [2.75, 3.05) is 0 Å². The van der Waals surface area contributed by atoms with E-state index in [2.05, 4.69) is 15.1 Å². The molecule has 1 aromatic carbocycles. The Labute approximate surface area is 117 Å². The minimum Gasteiger partial charge on any atom is -0.300 e. The second kappa shape index (κ2) is 5.09. The second-order valence-corrected chi connectivity index (χ2v) is 5.21. The highest BCUT2D eigenvalue weighted by molar-refractivity contribution is 7.99. The number of fused-ring (bicyclic) bond motifs is 1. The molecule has 102 valence electrons. The van der Waals surface area contributed by atoms with Crippen molar-refractivity contribution in [3.63, 3.8) is 0 Å². The van der Waals surface area contributed by atoms with Crippen molar-refractivity contribution in [1.82, 2.24) is 19.7 Å². The summed E-state index contributed by atoms with van der Waals surface area (Å²) in [6.45, 7) is 2.62. The van der Waals surface area contributed by atoms with Gasteiger partial charge in [-0.15, -0.1) is 0 Å². The van der Waals surface area contributed by atoms with Gasteiger partial charge in [-0.3, -0.25) is 9.48 Å². The van der Waals surface area contributed by atoms with Gasteiger partial charge >= 0.3 is 0 Å². The average Bonchev–Trinajstić information content (AvgIpc) is 2.85. The van der Waals surface area contributed by atoms with E-state index >= 15 is 0 Å². The van der Waals surface area contributed by atoms with Crippen molar-refractivity contribution in [1.29, 1.82) is 0 Å². The molecule has 0 aliphatic heterocycles. The number of hydrogen-bond acceptors (Lipinski definition) is 4. The van der Waals surface area contributed by atoms with E-state index in [-0.39, 0.29) is 11.4 Å². The fourth-order valence-corrected chi connectivity index (χ4v) is 2.54. The van der Waals surface area contributed by atoms with E-state index in [0.717, 1.165) is 4.90 Å². The van der Waals surface area contributed by atoms with Crippen LogP contribution >= 0.6 is 11.8 Å². The lowest BCUT2D eigenvalue weighted by molar-refractivity contribution is 0.626. The maximum Gasteiger partial charge on any atom is 0.262 e. The molecular weight excluding hydrogens is 279 g/mol. The van der Waals surface area contributed by atoms with E-state index in [1.165, 1.54) is 23.9 Å². The van der Waals surface area contributed by atoms with Crippen molar-refractivity contribution < 1.29 is 4.39 Å². The smallest absolute Gasteiger partial charge is 0.262 e. The van der Waals surface area contributed by atoms with E-state index in [1.54, 1.807) is 23.0 Å². The Morgan fingerprint density at radius 2 is 2.10 bits per heavy atom. The van der Waals surface area contributed by atoms with Crippen LogP contribution in [0.5, 0.6) is 0 Å². The molecule has 0 aliphatic carbocycles. The minimum absolute atomic E-state index is 0.223. The van der Waals surface area contributed by atoms with Crippen molar-refractivity contribution in [3.8, 4) is 0 Å². The fourth-order valence-electron chi connectivity index (χ4n) is 1.77. The van der Waals surface area contributed by atoms with Crippen LogP contribution in [0.4, 0.5) is 4.39 Å². The summed E-state index contributed by atoms with van der Waals surface area (Å²) in [5, 5.41) is 5.13. The van der Waals surface area contributed by atoms with Crippen LogP contribution in [0.15, 0.2) is 45.3 Å². The third-order valence-corrected chi connectivity index (χ3v) is 3.66. The number of benzene rings is 1. The zero-order chi connectivity index (χ0) is 14.1. The van der Waals surface area contributed by atoms with Crippen molar-refractivity contribution in [2.24, 2.45) is 0 Å². The number of aromatic nitrogens is 4. The molecule has 20 heavy (non-hydrogen) atoms. The summed E-state index contributed by atoms with van der Waals surface area (Å²) >= 11 is 1.26. The summed E-state index contributed by atoms with van der Waals surface area (Å²) < 4.78 is 14.5. The van der Waals surface area contributed by atoms with Crippen LogP contribution in [0.2, 0.25) is 0 Å². The highest BCUT2D eigenvalue weighted by Crippen LogP contribution is 2.24. The first kappa shape index (κ1) is 12.9. The maximum atomic E-state index is 12.8. The summed E-state index contributed by atoms with van der Waals surface area (Å²) in [5.41, 5.74) is 0.194. The van der Waals surface area contributed by atoms with Gasteiger partial charge in [-0.1, -0.05) is 11.8 Å². The highest BCUT2D eigenvalue weighted by Gasteiger charge is 2.09. The van der Waals surface area contributed by atoms with Crippen LogP contribution < -0.4 is 5.56 Å². The van der Waals surface area contributed by atoms with Gasteiger partial charge < -0.3 is 4.98 Å². The van der Waals surface area contributed by atoms with Gasteiger partial charge in [0.1, 0.15) is 11.2 Å². The van der Waals surface area contributed by atoms with E-state index in [0.29, 0.717) is 22.7 Å². The van der Waals surface area contributed by atoms with Gasteiger partial charge in [-0.2, -0.15) is 5.10 Å². The van der Waals surface area contributed by atoms with E-state index in [9.17, 15) is 9.18 Å². The molecule has 0 amide bonds. The zero-order valence-corrected chi connectivity index (χ0v) is 11.4. The molecule has 2 aromatic heterocycles. The normalized spacial score (nSPS) is 11.1. The number of H-pyrrole nitrogens is 1. The number of nitrogens with one attached hydrogen (secondary N) is 1.